The van der Waals surface area contributed by atoms with Gasteiger partial charge in [0.15, 0.2) is 0 Å². The first-order chi connectivity index (χ1) is 10.8. The second kappa shape index (κ2) is 5.50. The molecule has 0 spiro atoms. The molecule has 23 heavy (non-hydrogen) atoms. The first-order valence-corrected chi connectivity index (χ1v) is 8.68. The van der Waals surface area contributed by atoms with Crippen molar-refractivity contribution in [3.05, 3.63) is 36.2 Å². The Hall–Kier alpha value is -2.13. The van der Waals surface area contributed by atoms with Gasteiger partial charge in [0.1, 0.15) is 16.4 Å². The SMILES string of the molecule is Cn1cc(S(=O)(=O)N2CCC(c3nccn3C)C2)cc1C(N)=O. The topological polar surface area (TPSA) is 103 Å². The van der Waals surface area contributed by atoms with Crippen LogP contribution in [0.3, 0.4) is 0 Å². The van der Waals surface area contributed by atoms with Gasteiger partial charge in [0, 0.05) is 51.7 Å². The van der Waals surface area contributed by atoms with Gasteiger partial charge in [0.2, 0.25) is 10.0 Å². The molecule has 0 aliphatic carbocycles. The molecule has 3 rings (SSSR count). The molecular formula is C14H19N5O3S. The molecule has 8 nitrogen and oxygen atoms in total. The predicted molar refractivity (Wildman–Crippen MR) is 83.3 cm³/mol. The molecule has 2 aromatic rings. The Balaban J connectivity index is 1.85. The summed E-state index contributed by atoms with van der Waals surface area (Å²) in [4.78, 5) is 15.7. The van der Waals surface area contributed by atoms with E-state index in [2.05, 4.69) is 4.98 Å². The number of primary amides is 1. The predicted octanol–water partition coefficient (Wildman–Crippen LogP) is 0.0357. The first-order valence-electron chi connectivity index (χ1n) is 7.24. The number of carbonyl (C=O) groups is 1. The fraction of sp³-hybridized carbons (Fsp3) is 0.429. The van der Waals surface area contributed by atoms with E-state index in [-0.39, 0.29) is 16.5 Å². The maximum Gasteiger partial charge on any atom is 0.265 e. The van der Waals surface area contributed by atoms with Gasteiger partial charge in [-0.1, -0.05) is 0 Å². The van der Waals surface area contributed by atoms with Crippen molar-refractivity contribution in [3.8, 4) is 0 Å². The lowest BCUT2D eigenvalue weighted by Crippen LogP contribution is -2.28. The molecule has 1 atom stereocenters. The molecule has 1 unspecified atom stereocenters. The molecule has 3 heterocycles. The Morgan fingerprint density at radius 1 is 1.35 bits per heavy atom. The van der Waals surface area contributed by atoms with Crippen LogP contribution in [0.4, 0.5) is 0 Å². The van der Waals surface area contributed by atoms with Gasteiger partial charge in [-0.3, -0.25) is 4.79 Å². The molecule has 1 aliphatic rings. The van der Waals surface area contributed by atoms with Crippen LogP contribution in [0.15, 0.2) is 29.6 Å². The lowest BCUT2D eigenvalue weighted by molar-refractivity contribution is 0.0992. The number of rotatable bonds is 4. The van der Waals surface area contributed by atoms with Gasteiger partial charge in [-0.15, -0.1) is 0 Å². The molecule has 124 valence electrons. The normalized spacial score (nSPS) is 19.3. The number of amides is 1. The van der Waals surface area contributed by atoms with Crippen molar-refractivity contribution in [1.82, 2.24) is 18.4 Å². The van der Waals surface area contributed by atoms with E-state index < -0.39 is 15.9 Å². The third kappa shape index (κ3) is 2.66. The highest BCUT2D eigenvalue weighted by molar-refractivity contribution is 7.89. The van der Waals surface area contributed by atoms with Crippen LogP contribution in [0.2, 0.25) is 0 Å². The van der Waals surface area contributed by atoms with Crippen LogP contribution in [0.25, 0.3) is 0 Å². The Bertz CT molecular complexity index is 852. The summed E-state index contributed by atoms with van der Waals surface area (Å²) in [5, 5.41) is 0. The second-order valence-electron chi connectivity index (χ2n) is 5.78. The third-order valence-electron chi connectivity index (χ3n) is 4.24. The molecular weight excluding hydrogens is 318 g/mol. The molecule has 0 radical (unpaired) electrons. The van der Waals surface area contributed by atoms with Gasteiger partial charge < -0.3 is 14.9 Å². The van der Waals surface area contributed by atoms with Crippen LogP contribution in [-0.4, -0.2) is 45.8 Å². The summed E-state index contributed by atoms with van der Waals surface area (Å²) in [6.45, 7) is 0.814. The van der Waals surface area contributed by atoms with E-state index in [1.807, 2.05) is 17.8 Å². The van der Waals surface area contributed by atoms with E-state index in [0.717, 1.165) is 12.2 Å². The Morgan fingerprint density at radius 3 is 2.65 bits per heavy atom. The van der Waals surface area contributed by atoms with Gasteiger partial charge in [-0.25, -0.2) is 13.4 Å². The summed E-state index contributed by atoms with van der Waals surface area (Å²) < 4.78 is 30.3. The van der Waals surface area contributed by atoms with Crippen molar-refractivity contribution in [2.24, 2.45) is 19.8 Å². The smallest absolute Gasteiger partial charge is 0.265 e. The van der Waals surface area contributed by atoms with Crippen LogP contribution in [0.1, 0.15) is 28.7 Å². The Morgan fingerprint density at radius 2 is 2.09 bits per heavy atom. The van der Waals surface area contributed by atoms with E-state index in [1.54, 1.807) is 13.2 Å². The zero-order valence-corrected chi connectivity index (χ0v) is 13.8. The summed E-state index contributed by atoms with van der Waals surface area (Å²) in [6.07, 6.45) is 5.70. The molecule has 1 saturated heterocycles. The minimum atomic E-state index is -3.64. The lowest BCUT2D eigenvalue weighted by Gasteiger charge is -2.15. The number of imidazole rings is 1. The van der Waals surface area contributed by atoms with Crippen molar-refractivity contribution < 1.29 is 13.2 Å². The molecule has 1 fully saturated rings. The van der Waals surface area contributed by atoms with Crippen LogP contribution in [-0.2, 0) is 24.1 Å². The van der Waals surface area contributed by atoms with Crippen molar-refractivity contribution >= 4 is 15.9 Å². The largest absolute Gasteiger partial charge is 0.364 e. The summed E-state index contributed by atoms with van der Waals surface area (Å²) in [6, 6.07) is 1.33. The van der Waals surface area contributed by atoms with Crippen LogP contribution in [0, 0.1) is 0 Å². The van der Waals surface area contributed by atoms with Gasteiger partial charge in [-0.05, 0) is 12.5 Å². The molecule has 2 N–H and O–H groups in total. The second-order valence-corrected chi connectivity index (χ2v) is 7.72. The van der Waals surface area contributed by atoms with Crippen LogP contribution < -0.4 is 5.73 Å². The van der Waals surface area contributed by atoms with Crippen molar-refractivity contribution in [3.63, 3.8) is 0 Å². The molecule has 0 saturated carbocycles. The van der Waals surface area contributed by atoms with Crippen LogP contribution in [0.5, 0.6) is 0 Å². The van der Waals surface area contributed by atoms with E-state index in [9.17, 15) is 13.2 Å². The number of nitrogens with zero attached hydrogens (tertiary/aromatic N) is 4. The summed E-state index contributed by atoms with van der Waals surface area (Å²) >= 11 is 0. The number of carbonyl (C=O) groups excluding carboxylic acids is 1. The molecule has 0 aromatic carbocycles. The molecule has 0 bridgehead atoms. The minimum absolute atomic E-state index is 0.0732. The van der Waals surface area contributed by atoms with E-state index in [4.69, 9.17) is 5.73 Å². The molecule has 9 heteroatoms. The fourth-order valence-electron chi connectivity index (χ4n) is 3.00. The molecule has 1 aliphatic heterocycles. The third-order valence-corrected chi connectivity index (χ3v) is 6.08. The van der Waals surface area contributed by atoms with Gasteiger partial charge in [-0.2, -0.15) is 4.31 Å². The Labute approximate surface area is 134 Å². The summed E-state index contributed by atoms with van der Waals surface area (Å²) in [5.74, 6) is 0.305. The average Bonchev–Trinajstić information content (AvgIpc) is 3.16. The van der Waals surface area contributed by atoms with Gasteiger partial charge in [0.05, 0.1) is 0 Å². The summed E-state index contributed by atoms with van der Waals surface area (Å²) in [5.41, 5.74) is 5.42. The van der Waals surface area contributed by atoms with Gasteiger partial charge in [0.25, 0.3) is 5.91 Å². The zero-order chi connectivity index (χ0) is 16.8. The average molecular weight is 337 g/mol. The van der Waals surface area contributed by atoms with Crippen molar-refractivity contribution in [2.75, 3.05) is 13.1 Å². The quantitative estimate of drug-likeness (QED) is 0.850. The Kier molecular flexibility index (Phi) is 3.77. The highest BCUT2D eigenvalue weighted by Crippen LogP contribution is 2.30. The fourth-order valence-corrected chi connectivity index (χ4v) is 4.57. The van der Waals surface area contributed by atoms with E-state index >= 15 is 0 Å². The summed E-state index contributed by atoms with van der Waals surface area (Å²) in [7, 11) is -0.147. The monoisotopic (exact) mass is 337 g/mol. The number of hydrogen-bond donors (Lipinski definition) is 1. The maximum atomic E-state index is 12.8. The standard InChI is InChI=1S/C14H19N5O3S/c1-17-6-4-16-14(17)10-3-5-19(8-10)23(21,22)11-7-12(13(15)20)18(2)9-11/h4,6-7,9-10H,3,5,8H2,1-2H3,(H2,15,20). The zero-order valence-electron chi connectivity index (χ0n) is 13.0. The number of aryl methyl sites for hydroxylation is 2. The van der Waals surface area contributed by atoms with Crippen molar-refractivity contribution in [1.29, 1.82) is 0 Å². The maximum absolute atomic E-state index is 12.8. The van der Waals surface area contributed by atoms with Crippen LogP contribution >= 0.6 is 0 Å². The van der Waals surface area contributed by atoms with Gasteiger partial charge >= 0.3 is 0 Å². The number of hydrogen-bond acceptors (Lipinski definition) is 4. The highest BCUT2D eigenvalue weighted by Gasteiger charge is 2.35. The number of aromatic nitrogens is 3. The first kappa shape index (κ1) is 15.8. The number of sulfonamides is 1. The highest BCUT2D eigenvalue weighted by atomic mass is 32.2. The molecule has 1 amide bonds. The minimum Gasteiger partial charge on any atom is -0.364 e. The number of nitrogens with two attached hydrogens (primary N) is 1. The van der Waals surface area contributed by atoms with Crippen molar-refractivity contribution in [2.45, 2.75) is 17.2 Å². The molecule has 2 aromatic heterocycles. The van der Waals surface area contributed by atoms with E-state index in [0.29, 0.717) is 13.1 Å². The van der Waals surface area contributed by atoms with E-state index in [1.165, 1.54) is 21.1 Å². The lowest BCUT2D eigenvalue weighted by atomic mass is 10.1.